The van der Waals surface area contributed by atoms with Gasteiger partial charge in [0.1, 0.15) is 0 Å². The van der Waals surface area contributed by atoms with Crippen LogP contribution in [0, 0.1) is 6.92 Å². The van der Waals surface area contributed by atoms with Crippen LogP contribution in [0.3, 0.4) is 0 Å². The van der Waals surface area contributed by atoms with Crippen molar-refractivity contribution in [1.29, 1.82) is 0 Å². The van der Waals surface area contributed by atoms with Gasteiger partial charge in [0.25, 0.3) is 0 Å². The SMILES string of the molecule is COC1CC(NS(=O)(=O)c2cc(N)ccc2C)C1. The van der Waals surface area contributed by atoms with E-state index in [1.807, 2.05) is 0 Å². The summed E-state index contributed by atoms with van der Waals surface area (Å²) < 4.78 is 32.2. The smallest absolute Gasteiger partial charge is 0.241 e. The fraction of sp³-hybridized carbons (Fsp3) is 0.500. The zero-order chi connectivity index (χ0) is 13.3. The van der Waals surface area contributed by atoms with Crippen molar-refractivity contribution in [3.63, 3.8) is 0 Å². The first-order chi connectivity index (χ1) is 8.42. The minimum absolute atomic E-state index is 0.0409. The zero-order valence-electron chi connectivity index (χ0n) is 10.5. The minimum atomic E-state index is -3.49. The van der Waals surface area contributed by atoms with E-state index < -0.39 is 10.0 Å². The molecule has 100 valence electrons. The van der Waals surface area contributed by atoms with Crippen LogP contribution in [-0.2, 0) is 14.8 Å². The lowest BCUT2D eigenvalue weighted by atomic mass is 9.90. The first kappa shape index (κ1) is 13.3. The molecule has 0 spiro atoms. The van der Waals surface area contributed by atoms with Crippen LogP contribution in [0.15, 0.2) is 23.1 Å². The number of benzene rings is 1. The van der Waals surface area contributed by atoms with Crippen LogP contribution in [0.2, 0.25) is 0 Å². The number of nitrogens with two attached hydrogens (primary N) is 1. The lowest BCUT2D eigenvalue weighted by Crippen LogP contribution is -2.47. The molecule has 1 saturated carbocycles. The van der Waals surface area contributed by atoms with Crippen molar-refractivity contribution in [1.82, 2.24) is 4.72 Å². The fourth-order valence-electron chi connectivity index (χ4n) is 2.04. The molecule has 0 bridgehead atoms. The summed E-state index contributed by atoms with van der Waals surface area (Å²) in [4.78, 5) is 0.253. The molecule has 1 aromatic carbocycles. The summed E-state index contributed by atoms with van der Waals surface area (Å²) in [7, 11) is -1.85. The average molecular weight is 270 g/mol. The molecule has 1 aromatic rings. The van der Waals surface area contributed by atoms with Gasteiger partial charge in [-0.1, -0.05) is 6.07 Å². The van der Waals surface area contributed by atoms with E-state index in [4.69, 9.17) is 10.5 Å². The molecule has 3 N–H and O–H groups in total. The third kappa shape index (κ3) is 2.66. The van der Waals surface area contributed by atoms with Crippen molar-refractivity contribution in [2.75, 3.05) is 12.8 Å². The number of hydrogen-bond donors (Lipinski definition) is 2. The molecule has 0 radical (unpaired) electrons. The molecule has 1 aliphatic carbocycles. The number of rotatable bonds is 4. The Bertz CT molecular complexity index is 536. The normalized spacial score (nSPS) is 23.7. The highest BCUT2D eigenvalue weighted by Gasteiger charge is 2.33. The molecule has 0 aromatic heterocycles. The Kier molecular flexibility index (Phi) is 3.61. The van der Waals surface area contributed by atoms with E-state index in [9.17, 15) is 8.42 Å². The van der Waals surface area contributed by atoms with Crippen LogP contribution in [0.4, 0.5) is 5.69 Å². The molecule has 18 heavy (non-hydrogen) atoms. The van der Waals surface area contributed by atoms with Crippen LogP contribution in [-0.4, -0.2) is 27.7 Å². The maximum atomic E-state index is 12.2. The van der Waals surface area contributed by atoms with Crippen LogP contribution >= 0.6 is 0 Å². The number of anilines is 1. The van der Waals surface area contributed by atoms with E-state index in [1.165, 1.54) is 6.07 Å². The van der Waals surface area contributed by atoms with E-state index in [0.717, 1.165) is 12.8 Å². The lowest BCUT2D eigenvalue weighted by molar-refractivity contribution is 0.0236. The van der Waals surface area contributed by atoms with Crippen molar-refractivity contribution >= 4 is 15.7 Å². The van der Waals surface area contributed by atoms with E-state index in [2.05, 4.69) is 4.72 Å². The lowest BCUT2D eigenvalue weighted by Gasteiger charge is -2.34. The van der Waals surface area contributed by atoms with E-state index >= 15 is 0 Å². The summed E-state index contributed by atoms with van der Waals surface area (Å²) in [6, 6.07) is 4.85. The summed E-state index contributed by atoms with van der Waals surface area (Å²) >= 11 is 0. The molecular formula is C12H18N2O3S. The summed E-state index contributed by atoms with van der Waals surface area (Å²) in [5, 5.41) is 0. The average Bonchev–Trinajstić information content (AvgIpc) is 2.26. The first-order valence-corrected chi connectivity index (χ1v) is 7.32. The maximum absolute atomic E-state index is 12.2. The molecule has 6 heteroatoms. The quantitative estimate of drug-likeness (QED) is 0.801. The predicted molar refractivity (Wildman–Crippen MR) is 69.7 cm³/mol. The standard InChI is InChI=1S/C12H18N2O3S/c1-8-3-4-9(13)5-12(8)18(15,16)14-10-6-11(7-10)17-2/h3-5,10-11,14H,6-7,13H2,1-2H3. The van der Waals surface area contributed by atoms with Gasteiger partial charge >= 0.3 is 0 Å². The largest absolute Gasteiger partial charge is 0.399 e. The van der Waals surface area contributed by atoms with Gasteiger partial charge in [-0.3, -0.25) is 0 Å². The highest BCUT2D eigenvalue weighted by Crippen LogP contribution is 2.25. The first-order valence-electron chi connectivity index (χ1n) is 5.83. The highest BCUT2D eigenvalue weighted by atomic mass is 32.2. The maximum Gasteiger partial charge on any atom is 0.241 e. The Morgan fingerprint density at radius 1 is 1.39 bits per heavy atom. The Morgan fingerprint density at radius 2 is 2.06 bits per heavy atom. The number of aryl methyl sites for hydroxylation is 1. The number of hydrogen-bond acceptors (Lipinski definition) is 4. The van der Waals surface area contributed by atoms with Gasteiger partial charge in [0.15, 0.2) is 0 Å². The summed E-state index contributed by atoms with van der Waals surface area (Å²) in [5.41, 5.74) is 6.78. The topological polar surface area (TPSA) is 81.4 Å². The van der Waals surface area contributed by atoms with Gasteiger partial charge in [0, 0.05) is 18.8 Å². The van der Waals surface area contributed by atoms with E-state index in [0.29, 0.717) is 11.3 Å². The Balaban J connectivity index is 2.14. The Hall–Kier alpha value is -1.11. The monoisotopic (exact) mass is 270 g/mol. The summed E-state index contributed by atoms with van der Waals surface area (Å²) in [6.45, 7) is 1.76. The van der Waals surface area contributed by atoms with Crippen molar-refractivity contribution < 1.29 is 13.2 Å². The van der Waals surface area contributed by atoms with Crippen LogP contribution < -0.4 is 10.5 Å². The van der Waals surface area contributed by atoms with Gasteiger partial charge in [-0.25, -0.2) is 13.1 Å². The molecule has 0 amide bonds. The molecule has 0 aliphatic heterocycles. The van der Waals surface area contributed by atoms with Gasteiger partial charge in [0.2, 0.25) is 10.0 Å². The number of ether oxygens (including phenoxy) is 1. The molecule has 1 aliphatic rings. The highest BCUT2D eigenvalue weighted by molar-refractivity contribution is 7.89. The molecule has 0 unspecified atom stereocenters. The van der Waals surface area contributed by atoms with E-state index in [1.54, 1.807) is 26.2 Å². The fourth-order valence-corrected chi connectivity index (χ4v) is 3.58. The summed E-state index contributed by atoms with van der Waals surface area (Å²) in [5.74, 6) is 0. The van der Waals surface area contributed by atoms with Gasteiger partial charge in [-0.2, -0.15) is 0 Å². The minimum Gasteiger partial charge on any atom is -0.399 e. The van der Waals surface area contributed by atoms with Crippen LogP contribution in [0.5, 0.6) is 0 Å². The molecule has 0 heterocycles. The second-order valence-corrected chi connectivity index (χ2v) is 6.35. The zero-order valence-corrected chi connectivity index (χ0v) is 11.3. The molecule has 5 nitrogen and oxygen atoms in total. The second-order valence-electron chi connectivity index (χ2n) is 4.67. The van der Waals surface area contributed by atoms with Gasteiger partial charge < -0.3 is 10.5 Å². The Labute approximate surface area is 107 Å². The third-order valence-electron chi connectivity index (χ3n) is 3.25. The second kappa shape index (κ2) is 4.87. The number of sulfonamides is 1. The van der Waals surface area contributed by atoms with E-state index in [-0.39, 0.29) is 17.0 Å². The van der Waals surface area contributed by atoms with Gasteiger partial charge in [-0.15, -0.1) is 0 Å². The van der Waals surface area contributed by atoms with Gasteiger partial charge in [-0.05, 0) is 37.5 Å². The van der Waals surface area contributed by atoms with Crippen molar-refractivity contribution in [3.05, 3.63) is 23.8 Å². The van der Waals surface area contributed by atoms with Crippen molar-refractivity contribution in [2.24, 2.45) is 0 Å². The molecule has 2 rings (SSSR count). The van der Waals surface area contributed by atoms with Crippen molar-refractivity contribution in [3.8, 4) is 0 Å². The Morgan fingerprint density at radius 3 is 2.67 bits per heavy atom. The van der Waals surface area contributed by atoms with Crippen molar-refractivity contribution in [2.45, 2.75) is 36.8 Å². The van der Waals surface area contributed by atoms with Crippen LogP contribution in [0.25, 0.3) is 0 Å². The summed E-state index contributed by atoms with van der Waals surface area (Å²) in [6.07, 6.45) is 1.61. The van der Waals surface area contributed by atoms with Gasteiger partial charge in [0.05, 0.1) is 11.0 Å². The predicted octanol–water partition coefficient (Wildman–Crippen LogP) is 1.03. The molecule has 0 saturated heterocycles. The number of nitrogen functional groups attached to an aromatic ring is 1. The third-order valence-corrected chi connectivity index (χ3v) is 4.91. The number of methoxy groups -OCH3 is 1. The molecular weight excluding hydrogens is 252 g/mol. The molecule has 0 atom stereocenters. The number of nitrogens with one attached hydrogen (secondary N) is 1. The van der Waals surface area contributed by atoms with Crippen LogP contribution in [0.1, 0.15) is 18.4 Å². The molecule has 1 fully saturated rings.